The number of hydrogen-bond acceptors (Lipinski definition) is 7. The molecule has 0 unspecified atom stereocenters. The number of para-hydroxylation sites is 1. The number of phenols is 1. The van der Waals surface area contributed by atoms with Crippen LogP contribution in [0.15, 0.2) is 68.8 Å². The van der Waals surface area contributed by atoms with Gasteiger partial charge in [-0.05, 0) is 37.3 Å². The van der Waals surface area contributed by atoms with E-state index >= 15 is 0 Å². The molecule has 0 fully saturated rings. The molecule has 0 radical (unpaired) electrons. The second-order valence-electron chi connectivity index (χ2n) is 5.47. The van der Waals surface area contributed by atoms with E-state index in [9.17, 15) is 18.3 Å². The molecular formula is C16H14N4O5S. The molecule has 10 heteroatoms. The van der Waals surface area contributed by atoms with Crippen LogP contribution < -0.4 is 5.01 Å². The maximum absolute atomic E-state index is 12.5. The van der Waals surface area contributed by atoms with Crippen molar-refractivity contribution in [2.24, 2.45) is 15.3 Å². The molecule has 0 aliphatic carbocycles. The number of phenolic OH excluding ortho intramolecular Hbond substituents is 1. The summed E-state index contributed by atoms with van der Waals surface area (Å²) in [5.74, 6) is -0.774. The normalized spacial score (nSPS) is 17.8. The number of amides is 1. The van der Waals surface area contributed by atoms with E-state index in [-0.39, 0.29) is 11.4 Å². The Labute approximate surface area is 149 Å². The molecule has 9 nitrogen and oxygen atoms in total. The summed E-state index contributed by atoms with van der Waals surface area (Å²) in [6, 6.07) is 10.8. The van der Waals surface area contributed by atoms with Crippen molar-refractivity contribution in [3.63, 3.8) is 0 Å². The molecule has 26 heavy (non-hydrogen) atoms. The Bertz CT molecular complexity index is 1020. The number of aromatic hydroxyl groups is 1. The number of rotatable bonds is 4. The number of anilines is 1. The minimum Gasteiger partial charge on any atom is -0.506 e. The molecule has 1 atom stereocenters. The topological polar surface area (TPSA) is 132 Å². The fourth-order valence-corrected chi connectivity index (χ4v) is 2.81. The van der Waals surface area contributed by atoms with Crippen LogP contribution in [-0.4, -0.2) is 35.7 Å². The molecule has 1 aliphatic rings. The van der Waals surface area contributed by atoms with Crippen LogP contribution in [0.3, 0.4) is 0 Å². The Hall–Kier alpha value is -3.11. The van der Waals surface area contributed by atoms with Crippen molar-refractivity contribution >= 4 is 33.1 Å². The quantitative estimate of drug-likeness (QED) is 0.627. The van der Waals surface area contributed by atoms with Crippen LogP contribution >= 0.6 is 0 Å². The fourth-order valence-electron chi connectivity index (χ4n) is 2.31. The van der Waals surface area contributed by atoms with Gasteiger partial charge in [-0.2, -0.15) is 28.8 Å². The smallest absolute Gasteiger partial charge is 0.294 e. The van der Waals surface area contributed by atoms with Crippen LogP contribution in [-0.2, 0) is 14.9 Å². The highest BCUT2D eigenvalue weighted by Gasteiger charge is 2.34. The third-order valence-corrected chi connectivity index (χ3v) is 4.47. The molecule has 3 rings (SSSR count). The summed E-state index contributed by atoms with van der Waals surface area (Å²) >= 11 is 0. The Morgan fingerprint density at radius 3 is 2.50 bits per heavy atom. The predicted molar refractivity (Wildman–Crippen MR) is 93.3 cm³/mol. The average molecular weight is 374 g/mol. The fraction of sp³-hybridized carbons (Fsp3) is 0.125. The molecular weight excluding hydrogens is 360 g/mol. The van der Waals surface area contributed by atoms with Crippen LogP contribution in [0.1, 0.15) is 6.92 Å². The van der Waals surface area contributed by atoms with Crippen molar-refractivity contribution in [1.82, 2.24) is 0 Å². The second kappa shape index (κ2) is 6.65. The molecule has 2 aromatic carbocycles. The third-order valence-electron chi connectivity index (χ3n) is 3.62. The van der Waals surface area contributed by atoms with E-state index in [1.807, 2.05) is 6.07 Å². The molecule has 1 aliphatic heterocycles. The van der Waals surface area contributed by atoms with Crippen molar-refractivity contribution in [1.29, 1.82) is 0 Å². The number of hydrazone groups is 1. The Morgan fingerprint density at radius 2 is 1.85 bits per heavy atom. The van der Waals surface area contributed by atoms with Crippen LogP contribution in [0.5, 0.6) is 5.75 Å². The minimum absolute atomic E-state index is 0.195. The summed E-state index contributed by atoms with van der Waals surface area (Å²) in [6.07, 6.45) is 0. The highest BCUT2D eigenvalue weighted by atomic mass is 32.2. The van der Waals surface area contributed by atoms with Crippen molar-refractivity contribution in [3.8, 4) is 5.75 Å². The SMILES string of the molecule is CC1=NN(c2ccccc2)C(=O)[C@H]1N=Nc1cc(S(=O)(=O)O)ccc1O. The van der Waals surface area contributed by atoms with Gasteiger partial charge in [0.25, 0.3) is 16.0 Å². The van der Waals surface area contributed by atoms with Gasteiger partial charge in [0.2, 0.25) is 0 Å². The van der Waals surface area contributed by atoms with Gasteiger partial charge in [-0.25, -0.2) is 0 Å². The first kappa shape index (κ1) is 17.7. The highest BCUT2D eigenvalue weighted by molar-refractivity contribution is 7.85. The third kappa shape index (κ3) is 3.46. The molecule has 0 bridgehead atoms. The molecule has 0 spiro atoms. The largest absolute Gasteiger partial charge is 0.506 e. The highest BCUT2D eigenvalue weighted by Crippen LogP contribution is 2.30. The first-order chi connectivity index (χ1) is 12.3. The van der Waals surface area contributed by atoms with Crippen molar-refractivity contribution in [2.75, 3.05) is 5.01 Å². The van der Waals surface area contributed by atoms with Crippen molar-refractivity contribution in [3.05, 3.63) is 48.5 Å². The molecule has 0 saturated carbocycles. The number of azo groups is 1. The minimum atomic E-state index is -4.46. The van der Waals surface area contributed by atoms with Gasteiger partial charge in [0.1, 0.15) is 11.4 Å². The zero-order valence-electron chi connectivity index (χ0n) is 13.5. The Kier molecular flexibility index (Phi) is 4.53. The summed E-state index contributed by atoms with van der Waals surface area (Å²) in [5, 5.41) is 22.8. The summed E-state index contributed by atoms with van der Waals surface area (Å²) in [5.41, 5.74) is 0.776. The molecule has 0 saturated heterocycles. The van der Waals surface area contributed by atoms with Gasteiger partial charge in [0.15, 0.2) is 6.04 Å². The Morgan fingerprint density at radius 1 is 1.15 bits per heavy atom. The van der Waals surface area contributed by atoms with Crippen LogP contribution in [0.4, 0.5) is 11.4 Å². The first-order valence-corrected chi connectivity index (χ1v) is 8.87. The molecule has 2 N–H and O–H groups in total. The van der Waals surface area contributed by atoms with E-state index in [1.54, 1.807) is 31.2 Å². The van der Waals surface area contributed by atoms with Gasteiger partial charge < -0.3 is 5.11 Å². The number of carbonyl (C=O) groups is 1. The van der Waals surface area contributed by atoms with E-state index < -0.39 is 27.0 Å². The lowest BCUT2D eigenvalue weighted by Gasteiger charge is -2.11. The first-order valence-electron chi connectivity index (χ1n) is 7.43. The summed E-state index contributed by atoms with van der Waals surface area (Å²) in [4.78, 5) is 12.1. The van der Waals surface area contributed by atoms with Gasteiger partial charge in [-0.3, -0.25) is 9.35 Å². The number of carbonyl (C=O) groups excluding carboxylic acids is 1. The van der Waals surface area contributed by atoms with E-state index in [1.165, 1.54) is 5.01 Å². The van der Waals surface area contributed by atoms with Crippen molar-refractivity contribution < 1.29 is 22.9 Å². The standard InChI is InChI=1S/C16H14N4O5S/c1-10-15(16(22)20(19-10)11-5-3-2-4-6-11)18-17-13-9-12(26(23,24)25)7-8-14(13)21/h2-9,15,21H,1H3,(H,23,24,25)/t15-/m0/s1. The molecule has 1 heterocycles. The monoisotopic (exact) mass is 374 g/mol. The lowest BCUT2D eigenvalue weighted by atomic mass is 10.2. The molecule has 134 valence electrons. The van der Waals surface area contributed by atoms with E-state index in [2.05, 4.69) is 15.3 Å². The average Bonchev–Trinajstić information content (AvgIpc) is 2.88. The van der Waals surface area contributed by atoms with Gasteiger partial charge in [-0.1, -0.05) is 18.2 Å². The van der Waals surface area contributed by atoms with Crippen molar-refractivity contribution in [2.45, 2.75) is 17.9 Å². The molecule has 1 amide bonds. The van der Waals surface area contributed by atoms with E-state index in [0.717, 1.165) is 18.2 Å². The van der Waals surface area contributed by atoms with E-state index in [4.69, 9.17) is 4.55 Å². The maximum atomic E-state index is 12.5. The summed E-state index contributed by atoms with van der Waals surface area (Å²) in [6.45, 7) is 1.61. The van der Waals surface area contributed by atoms with Crippen LogP contribution in [0.25, 0.3) is 0 Å². The van der Waals surface area contributed by atoms with Gasteiger partial charge in [0.05, 0.1) is 16.3 Å². The summed E-state index contributed by atoms with van der Waals surface area (Å²) < 4.78 is 31.4. The second-order valence-corrected chi connectivity index (χ2v) is 6.89. The van der Waals surface area contributed by atoms with E-state index in [0.29, 0.717) is 11.4 Å². The van der Waals surface area contributed by atoms with Gasteiger partial charge in [0, 0.05) is 0 Å². The lowest BCUT2D eigenvalue weighted by molar-refractivity contribution is -0.117. The van der Waals surface area contributed by atoms with Crippen LogP contribution in [0.2, 0.25) is 0 Å². The summed E-state index contributed by atoms with van der Waals surface area (Å²) in [7, 11) is -4.46. The number of benzene rings is 2. The zero-order chi connectivity index (χ0) is 18.9. The molecule has 0 aromatic heterocycles. The van der Waals surface area contributed by atoms with Crippen LogP contribution in [0, 0.1) is 0 Å². The van der Waals surface area contributed by atoms with Gasteiger partial charge >= 0.3 is 0 Å². The number of hydrogen-bond donors (Lipinski definition) is 2. The molecule has 2 aromatic rings. The lowest BCUT2D eigenvalue weighted by Crippen LogP contribution is -2.29. The number of nitrogens with zero attached hydrogens (tertiary/aromatic N) is 4. The van der Waals surface area contributed by atoms with Gasteiger partial charge in [-0.15, -0.1) is 0 Å². The zero-order valence-corrected chi connectivity index (χ0v) is 14.3. The predicted octanol–water partition coefficient (Wildman–Crippen LogP) is 2.51. The Balaban J connectivity index is 1.88. The maximum Gasteiger partial charge on any atom is 0.294 e.